The molecule has 104 heavy (non-hydrogen) atoms. The van der Waals surface area contributed by atoms with Crippen molar-refractivity contribution in [3.8, 4) is 72.8 Å². The fraction of sp³-hybridized carbons (Fsp3) is 0.568. The van der Waals surface area contributed by atoms with Crippen molar-refractivity contribution in [1.82, 2.24) is 17.5 Å². The highest BCUT2D eigenvalue weighted by Crippen LogP contribution is 2.65. The first-order chi connectivity index (χ1) is 50.8. The average Bonchev–Trinajstić information content (AvgIpc) is 1.56. The van der Waals surface area contributed by atoms with E-state index >= 15 is 0 Å². The largest absolute Gasteiger partial charge is 0.491 e. The molecule has 8 aromatic heterocycles. The fourth-order valence-electron chi connectivity index (χ4n) is 18.2. The van der Waals surface area contributed by atoms with E-state index < -0.39 is 0 Å². The number of hydrogen-bond acceptors (Lipinski definition) is 16. The van der Waals surface area contributed by atoms with Gasteiger partial charge in [-0.2, -0.15) is 17.5 Å². The van der Waals surface area contributed by atoms with E-state index in [9.17, 15) is 0 Å². The van der Waals surface area contributed by atoms with Gasteiger partial charge in [0, 0.05) is 94.2 Å². The third-order valence-corrected chi connectivity index (χ3v) is 32.4. The minimum atomic E-state index is -0.0309. The molecule has 2 aliphatic rings. The van der Waals surface area contributed by atoms with Gasteiger partial charge in [-0.3, -0.25) is 0 Å². The summed E-state index contributed by atoms with van der Waals surface area (Å²) in [5, 5.41) is 6.87. The van der Waals surface area contributed by atoms with Crippen LogP contribution in [0.25, 0.3) is 104 Å². The monoisotopic (exact) mass is 1540 g/mol. The Bertz CT molecular complexity index is 4280. The topological polar surface area (TPSA) is 122 Å². The summed E-state index contributed by atoms with van der Waals surface area (Å²) in [5.41, 5.74) is 30.5. The number of rotatable bonds is 42. The van der Waals surface area contributed by atoms with E-state index in [4.69, 9.17) is 38.4 Å². The minimum Gasteiger partial charge on any atom is -0.491 e. The van der Waals surface area contributed by atoms with Gasteiger partial charge in [0.15, 0.2) is 0 Å². The van der Waals surface area contributed by atoms with E-state index in [-0.39, 0.29) is 10.8 Å². The number of unbranched alkanes of at least 4 members (excludes halogenated alkanes) is 6. The smallest absolute Gasteiger partial charge is 0.146 e. The second-order valence-corrected chi connectivity index (χ2v) is 38.3. The first-order valence-electron chi connectivity index (χ1n) is 40.7. The second-order valence-electron chi connectivity index (χ2n) is 31.2. The highest BCUT2D eigenvalue weighted by atomic mass is 32.1. The Morgan fingerprint density at radius 2 is 0.692 bits per heavy atom. The van der Waals surface area contributed by atoms with Crippen molar-refractivity contribution in [3.05, 3.63) is 81.5 Å². The third kappa shape index (κ3) is 15.0. The Hall–Kier alpha value is -4.78. The third-order valence-electron chi connectivity index (χ3n) is 24.5. The van der Waals surface area contributed by atoms with Crippen molar-refractivity contribution in [1.29, 1.82) is 0 Å². The van der Waals surface area contributed by atoms with Crippen LogP contribution in [0.1, 0.15) is 285 Å². The summed E-state index contributed by atoms with van der Waals surface area (Å²) in [6.45, 7) is 29.6. The van der Waals surface area contributed by atoms with Crippen molar-refractivity contribution in [2.45, 2.75) is 274 Å². The van der Waals surface area contributed by atoms with E-state index in [1.54, 1.807) is 33.8 Å². The quantitative estimate of drug-likeness (QED) is 0.0363. The van der Waals surface area contributed by atoms with Crippen LogP contribution in [0.3, 0.4) is 0 Å². The van der Waals surface area contributed by atoms with Crippen LogP contribution in [0.5, 0.6) is 11.5 Å². The van der Waals surface area contributed by atoms with Crippen LogP contribution >= 0.6 is 91.5 Å². The van der Waals surface area contributed by atoms with Crippen molar-refractivity contribution in [2.24, 2.45) is 35.5 Å². The maximum absolute atomic E-state index is 7.63. The molecule has 0 spiro atoms. The molecule has 2 aliphatic carbocycles. The zero-order valence-electron chi connectivity index (χ0n) is 64.5. The lowest BCUT2D eigenvalue weighted by atomic mass is 9.65. The molecule has 558 valence electrons. The zero-order chi connectivity index (χ0) is 72.8. The molecular formula is C88H116N6O2S8. The highest BCUT2D eigenvalue weighted by Gasteiger charge is 2.50. The Balaban J connectivity index is 0.944. The van der Waals surface area contributed by atoms with Crippen molar-refractivity contribution in [3.63, 3.8) is 0 Å². The van der Waals surface area contributed by atoms with Gasteiger partial charge in [-0.05, 0) is 156 Å². The molecule has 0 amide bonds. The van der Waals surface area contributed by atoms with Crippen LogP contribution in [0.2, 0.25) is 0 Å². The molecule has 8 nitrogen and oxygen atoms in total. The van der Waals surface area contributed by atoms with Gasteiger partial charge in [-0.1, -0.05) is 224 Å². The number of benzene rings is 3. The van der Waals surface area contributed by atoms with Gasteiger partial charge in [-0.15, -0.1) is 68.0 Å². The van der Waals surface area contributed by atoms with Crippen molar-refractivity contribution in [2.75, 3.05) is 24.7 Å². The fourth-order valence-corrected chi connectivity index (χ4v) is 26.6. The molecule has 6 unspecified atom stereocenters. The predicted molar refractivity (Wildman–Crippen MR) is 463 cm³/mol. The number of thiophene rings is 6. The van der Waals surface area contributed by atoms with Crippen LogP contribution in [-0.4, -0.2) is 30.7 Å². The molecule has 0 saturated heterocycles. The Morgan fingerprint density at radius 3 is 1.02 bits per heavy atom. The number of aromatic nitrogens is 4. The number of nitrogens with zero attached hydrogens (tertiary/aromatic N) is 4. The number of anilines is 2. The number of nitrogen functional groups attached to an aromatic ring is 2. The van der Waals surface area contributed by atoms with Crippen LogP contribution in [0.15, 0.2) is 59.3 Å². The van der Waals surface area contributed by atoms with E-state index in [0.717, 1.165) is 136 Å². The Kier molecular flexibility index (Phi) is 25.9. The van der Waals surface area contributed by atoms with Gasteiger partial charge >= 0.3 is 0 Å². The molecule has 6 atom stereocenters. The molecular weight excluding hydrogens is 1430 g/mol. The highest BCUT2D eigenvalue weighted by molar-refractivity contribution is 7.26. The molecule has 0 radical (unpaired) electrons. The molecule has 0 aliphatic heterocycles. The van der Waals surface area contributed by atoms with Gasteiger partial charge in [0.25, 0.3) is 0 Å². The number of nitrogens with two attached hydrogens (primary N) is 2. The average molecular weight is 1550 g/mol. The van der Waals surface area contributed by atoms with E-state index in [1.165, 1.54) is 205 Å². The van der Waals surface area contributed by atoms with Gasteiger partial charge in [0.1, 0.15) is 33.6 Å². The maximum Gasteiger partial charge on any atom is 0.146 e. The standard InChI is InChI=1S/C88H116N6O2S8/c1-13-25-31-53(19-7)47-87(48-54(20-8)32-26-14-2)63-37-39-97-83(63)85-65(87)45-71(101-85)73-67(89)41-59(75-77(73)93-103-91-75)69-43-61-79(95-51-57(23-11)35-29-17-5)82-62(80(81(61)99-69)96-52-58(24-12)36-30-18-6)44-70(100-82)60-42-68(90)74(78-76(60)92-104-94-78)72-46-66-86(102-72)84-64(38-40-98-84)88(66,49-55(21-9)33-27-15-3)50-56(22-10)34-28-16-4/h37-46,53-58H,13-36,47-52,89-90H2,1-12H3. The van der Waals surface area contributed by atoms with Gasteiger partial charge in [-0.25, -0.2) is 0 Å². The molecule has 13 rings (SSSR count). The predicted octanol–water partition coefficient (Wildman–Crippen LogP) is 30.4. The van der Waals surface area contributed by atoms with Crippen molar-refractivity contribution >= 4 is 145 Å². The molecule has 16 heteroatoms. The first kappa shape index (κ1) is 77.4. The summed E-state index contributed by atoms with van der Waals surface area (Å²) in [5.74, 6) is 5.31. The van der Waals surface area contributed by atoms with Gasteiger partial charge in [0.2, 0.25) is 0 Å². The number of fused-ring (bicyclic) bond motifs is 10. The molecule has 0 saturated carbocycles. The van der Waals surface area contributed by atoms with E-state index in [0.29, 0.717) is 48.7 Å². The normalized spacial score (nSPS) is 17.3. The van der Waals surface area contributed by atoms with Gasteiger partial charge < -0.3 is 20.9 Å². The van der Waals surface area contributed by atoms with Crippen LogP contribution in [0.4, 0.5) is 11.4 Å². The SMILES string of the molecule is CCCCC(CC)COc1c2cc(-c3cc(N)c(-c4cc5c(s4)-c4sccc4C5(CC(CC)CCCC)CC(CC)CCCC)c4nsnc34)sc2c(OCC(CC)CCCC)c2cc(-c3cc(N)c(-c4cc5c(s4)-c4sccc4C5(CC(CC)CCCC)CC(CC)CCCC)c4nsnc34)sc12. The first-order valence-corrected chi connectivity index (χ1v) is 47.1. The summed E-state index contributed by atoms with van der Waals surface area (Å²) in [6.07, 6.45) is 33.8. The van der Waals surface area contributed by atoms with E-state index in [2.05, 4.69) is 142 Å². The maximum atomic E-state index is 7.63. The zero-order valence-corrected chi connectivity index (χ0v) is 71.0. The molecule has 8 heterocycles. The molecule has 0 bridgehead atoms. The van der Waals surface area contributed by atoms with E-state index in [1.807, 2.05) is 45.3 Å². The molecule has 3 aromatic carbocycles. The minimum absolute atomic E-state index is 0.0309. The van der Waals surface area contributed by atoms with Crippen LogP contribution < -0.4 is 20.9 Å². The Morgan fingerprint density at radius 1 is 0.365 bits per heavy atom. The summed E-state index contributed by atoms with van der Waals surface area (Å²) in [6, 6.07) is 19.3. The van der Waals surface area contributed by atoms with Crippen molar-refractivity contribution < 1.29 is 9.47 Å². The van der Waals surface area contributed by atoms with Gasteiger partial charge in [0.05, 0.1) is 46.1 Å². The van der Waals surface area contributed by atoms with Crippen LogP contribution in [0, 0.1) is 35.5 Å². The second kappa shape index (κ2) is 34.8. The summed E-state index contributed by atoms with van der Waals surface area (Å²) < 4.78 is 38.0. The van der Waals surface area contributed by atoms with Crippen LogP contribution in [-0.2, 0) is 10.8 Å². The molecule has 0 fully saturated rings. The summed E-state index contributed by atoms with van der Waals surface area (Å²) >= 11 is 13.9. The molecule has 4 N–H and O–H groups in total. The Labute approximate surface area is 654 Å². The summed E-state index contributed by atoms with van der Waals surface area (Å²) in [7, 11) is 0. The molecule has 11 aromatic rings. The lowest BCUT2D eigenvalue weighted by Crippen LogP contribution is -2.31. The summed E-state index contributed by atoms with van der Waals surface area (Å²) in [4.78, 5) is 10.4. The number of hydrogen-bond donors (Lipinski definition) is 2. The lowest BCUT2D eigenvalue weighted by Gasteiger charge is -2.37. The lowest BCUT2D eigenvalue weighted by molar-refractivity contribution is 0.235. The number of ether oxygens (including phenoxy) is 2.